The Balaban J connectivity index is 0.000000102. The van der Waals surface area contributed by atoms with Gasteiger partial charge in [-0.25, -0.2) is 29.9 Å². The Labute approximate surface area is 850 Å². The first kappa shape index (κ1) is 83.9. The van der Waals surface area contributed by atoms with Crippen LogP contribution in [0.15, 0.2) is 516 Å². The van der Waals surface area contributed by atoms with E-state index in [-0.39, 0.29) is 5.41 Å². The van der Waals surface area contributed by atoms with E-state index in [4.69, 9.17) is 29.9 Å². The van der Waals surface area contributed by atoms with Crippen molar-refractivity contribution in [3.05, 3.63) is 538 Å². The maximum atomic E-state index is 5.24. The van der Waals surface area contributed by atoms with Gasteiger partial charge in [0.2, 0.25) is 0 Å². The highest BCUT2D eigenvalue weighted by atomic mass is 15.2. The SMILES string of the molecule is c1ccc(-c2ccc(N(c3ccc(-c4ccccc4)cc3)c3ccc4c5nc6ccccc6cc5c5nc6ccccc6n5c4c3)cc2)cc1.c1ccc(N(c2ccc(-c3ccc4c5nc6ccccc6cc5c5nc6ccccc6n5c4c3)cc2)c2cccc3ccccc23)cc1.c1ccc2c(c1)-c1ccccc1C21c2ccccc2-c2ccc(-c3ccc4c5nc6ccccc6cc5c5nc6ccccc6n5c4c3)cc21. The summed E-state index contributed by atoms with van der Waals surface area (Å²) in [6, 6.07) is 185. The maximum Gasteiger partial charge on any atom is 0.147 e. The third-order valence-corrected chi connectivity index (χ3v) is 30.6. The van der Waals surface area contributed by atoms with Crippen LogP contribution >= 0.6 is 0 Å². The number of para-hydroxylation sites is 10. The molecule has 148 heavy (non-hydrogen) atoms. The van der Waals surface area contributed by atoms with Crippen molar-refractivity contribution in [1.82, 2.24) is 43.1 Å². The van der Waals surface area contributed by atoms with Crippen molar-refractivity contribution >= 4 is 193 Å². The Kier molecular flexibility index (Phi) is 19.1. The van der Waals surface area contributed by atoms with E-state index in [2.05, 4.69) is 527 Å². The van der Waals surface area contributed by atoms with Gasteiger partial charge in [-0.1, -0.05) is 352 Å². The summed E-state index contributed by atoms with van der Waals surface area (Å²) in [5, 5.41) is 12.3. The normalized spacial score (nSPS) is 12.4. The van der Waals surface area contributed by atoms with Crippen LogP contribution in [0, 0.1) is 0 Å². The third-order valence-electron chi connectivity index (χ3n) is 30.6. The van der Waals surface area contributed by atoms with Gasteiger partial charge >= 0.3 is 0 Å². The summed E-state index contributed by atoms with van der Waals surface area (Å²) in [7, 11) is 0. The van der Waals surface area contributed by atoms with E-state index in [0.717, 1.165) is 193 Å². The van der Waals surface area contributed by atoms with E-state index in [9.17, 15) is 0 Å². The van der Waals surface area contributed by atoms with Crippen molar-refractivity contribution in [2.75, 3.05) is 9.80 Å². The zero-order chi connectivity index (χ0) is 97.2. The molecular weight excluding hydrogens is 1800 g/mol. The smallest absolute Gasteiger partial charge is 0.147 e. The van der Waals surface area contributed by atoms with Crippen LogP contribution in [0.25, 0.3) is 226 Å². The number of nitrogens with zero attached hydrogens (tertiary/aromatic N) is 11. The Bertz CT molecular complexity index is 10600. The van der Waals surface area contributed by atoms with Crippen LogP contribution in [0.5, 0.6) is 0 Å². The monoisotopic (exact) mass is 1880 g/mol. The summed E-state index contributed by atoms with van der Waals surface area (Å²) in [6.45, 7) is 0. The number of imidazole rings is 3. The molecule has 32 rings (SSSR count). The van der Waals surface area contributed by atoms with Crippen LogP contribution < -0.4 is 9.80 Å². The van der Waals surface area contributed by atoms with Crippen molar-refractivity contribution < 1.29 is 0 Å². The molecule has 0 N–H and O–H groups in total. The van der Waals surface area contributed by atoms with E-state index in [1.165, 1.54) is 88.7 Å². The molecule has 688 valence electrons. The zero-order valence-electron chi connectivity index (χ0n) is 80.0. The van der Waals surface area contributed by atoms with Crippen LogP contribution in [-0.2, 0) is 5.41 Å². The van der Waals surface area contributed by atoms with E-state index < -0.39 is 0 Å². The fourth-order valence-corrected chi connectivity index (χ4v) is 23.9. The Morgan fingerprint density at radius 3 is 0.919 bits per heavy atom. The first-order valence-electron chi connectivity index (χ1n) is 50.4. The molecule has 0 aliphatic heterocycles. The van der Waals surface area contributed by atoms with Gasteiger partial charge in [0.1, 0.15) is 16.9 Å². The highest BCUT2D eigenvalue weighted by molar-refractivity contribution is 6.19. The number of hydrogen-bond donors (Lipinski definition) is 0. The van der Waals surface area contributed by atoms with Gasteiger partial charge in [0.25, 0.3) is 0 Å². The van der Waals surface area contributed by atoms with Crippen LogP contribution in [0.2, 0.25) is 0 Å². The fraction of sp³-hybridized carbons (Fsp3) is 0.00730. The molecule has 0 saturated heterocycles. The van der Waals surface area contributed by atoms with E-state index in [0.29, 0.717) is 0 Å². The second kappa shape index (κ2) is 33.7. The minimum absolute atomic E-state index is 0.374. The molecule has 1 spiro atoms. The van der Waals surface area contributed by atoms with Crippen LogP contribution in [-0.4, -0.2) is 43.1 Å². The van der Waals surface area contributed by atoms with Crippen molar-refractivity contribution in [2.45, 2.75) is 5.41 Å². The molecule has 11 nitrogen and oxygen atoms in total. The average molecular weight is 1890 g/mol. The summed E-state index contributed by atoms with van der Waals surface area (Å²) in [6.07, 6.45) is 0. The second-order valence-corrected chi connectivity index (χ2v) is 38.7. The molecule has 30 aromatic rings. The number of benzene rings is 21. The van der Waals surface area contributed by atoms with E-state index in [1.54, 1.807) is 0 Å². The molecule has 2 aliphatic carbocycles. The Hall–Kier alpha value is -19.9. The quantitative estimate of drug-likeness (QED) is 0.0987. The minimum atomic E-state index is -0.374. The average Bonchev–Trinajstić information content (AvgIpc) is 1.50. The number of aromatic nitrogens is 9. The minimum Gasteiger partial charge on any atom is -0.310 e. The number of fused-ring (bicyclic) bond motifs is 38. The van der Waals surface area contributed by atoms with Gasteiger partial charge in [-0.05, 0) is 258 Å². The topological polar surface area (TPSA) is 97.1 Å². The number of pyridine rings is 6. The Morgan fingerprint density at radius 1 is 0.162 bits per heavy atom. The fourth-order valence-electron chi connectivity index (χ4n) is 23.9. The van der Waals surface area contributed by atoms with Gasteiger partial charge in [0, 0.05) is 82.3 Å². The predicted octanol–water partition coefficient (Wildman–Crippen LogP) is 35.1. The van der Waals surface area contributed by atoms with E-state index >= 15 is 0 Å². The molecule has 9 heterocycles. The van der Waals surface area contributed by atoms with Crippen molar-refractivity contribution in [2.24, 2.45) is 0 Å². The molecule has 0 radical (unpaired) electrons. The predicted molar refractivity (Wildman–Crippen MR) is 614 cm³/mol. The van der Waals surface area contributed by atoms with Gasteiger partial charge < -0.3 is 9.80 Å². The molecular formula is C137H85N11. The summed E-state index contributed by atoms with van der Waals surface area (Å²) < 4.78 is 6.95. The number of anilines is 6. The summed E-state index contributed by atoms with van der Waals surface area (Å²) >= 11 is 0. The summed E-state index contributed by atoms with van der Waals surface area (Å²) in [5.41, 5.74) is 44.4. The lowest BCUT2D eigenvalue weighted by atomic mass is 9.70. The first-order valence-corrected chi connectivity index (χ1v) is 50.4. The van der Waals surface area contributed by atoms with Crippen molar-refractivity contribution in [1.29, 1.82) is 0 Å². The first-order chi connectivity index (χ1) is 73.4. The highest BCUT2D eigenvalue weighted by Gasteiger charge is 2.52. The lowest BCUT2D eigenvalue weighted by Gasteiger charge is -2.30. The maximum absolute atomic E-state index is 5.24. The largest absolute Gasteiger partial charge is 0.310 e. The van der Waals surface area contributed by atoms with Crippen LogP contribution in [0.3, 0.4) is 0 Å². The van der Waals surface area contributed by atoms with Crippen molar-refractivity contribution in [3.8, 4) is 66.8 Å². The molecule has 2 aliphatic rings. The molecule has 0 saturated carbocycles. The molecule has 9 aromatic heterocycles. The molecule has 0 unspecified atom stereocenters. The summed E-state index contributed by atoms with van der Waals surface area (Å²) in [5.74, 6) is 0. The third kappa shape index (κ3) is 13.2. The van der Waals surface area contributed by atoms with E-state index in [1.807, 2.05) is 12.1 Å². The van der Waals surface area contributed by atoms with Gasteiger partial charge in [-0.15, -0.1) is 0 Å². The number of rotatable bonds is 10. The van der Waals surface area contributed by atoms with Crippen molar-refractivity contribution in [3.63, 3.8) is 0 Å². The molecule has 11 heteroatoms. The van der Waals surface area contributed by atoms with Crippen LogP contribution in [0.1, 0.15) is 22.3 Å². The van der Waals surface area contributed by atoms with Gasteiger partial charge in [0.05, 0.1) is 93.9 Å². The lowest BCUT2D eigenvalue weighted by molar-refractivity contribution is 0.794. The molecule has 0 atom stereocenters. The van der Waals surface area contributed by atoms with Gasteiger partial charge in [0.15, 0.2) is 0 Å². The lowest BCUT2D eigenvalue weighted by Crippen LogP contribution is -2.25. The Morgan fingerprint density at radius 2 is 0.466 bits per heavy atom. The van der Waals surface area contributed by atoms with Gasteiger partial charge in [-0.2, -0.15) is 0 Å². The van der Waals surface area contributed by atoms with Crippen LogP contribution in [0.4, 0.5) is 34.1 Å². The summed E-state index contributed by atoms with van der Waals surface area (Å²) in [4.78, 5) is 35.8. The second-order valence-electron chi connectivity index (χ2n) is 38.7. The number of hydrogen-bond acceptors (Lipinski definition) is 8. The standard InChI is InChI=1S/C47H27N3.C46H30N4.C44H28N4/c1-8-18-41-30(11-1)25-36-45(48-41)35-24-22-29(27-44(35)50-43-20-10-9-19-42(43)49-46(36)50)28-21-23-34-33-14-4-7-17-39(33)47(40(34)26-28)37-15-5-2-12-31(37)32-13-3-6-16-38(32)47;1-3-11-31(12-4-1)33-19-23-36(24-20-33)49(37-25-21-34(22-26-37)32-13-5-2-6-14-32)38-27-28-39-44(30-38)50-43-18-10-9-17-42(43)48-46(50)40-29-35-15-7-8-16-41(35)47-45(39)40;1-2-14-33(15-3-1)47(40-20-10-13-30-11-4-6-16-35(30)40)34-24-21-29(22-25-34)31-23-26-36-42(28-31)48-41-19-9-8-18-39(41)46-44(48)37-27-32-12-5-7-17-38(32)45-43(36)37/h1-27H;1-30H;1-28H. The molecule has 0 amide bonds. The molecule has 0 fully saturated rings. The highest BCUT2D eigenvalue weighted by Crippen LogP contribution is 2.63. The molecule has 21 aromatic carbocycles. The van der Waals surface area contributed by atoms with Gasteiger partial charge in [-0.3, -0.25) is 13.2 Å². The zero-order valence-corrected chi connectivity index (χ0v) is 80.0. The molecule has 0 bridgehead atoms.